The summed E-state index contributed by atoms with van der Waals surface area (Å²) in [6.45, 7) is 1.70. The minimum atomic E-state index is -0.619. The van der Waals surface area contributed by atoms with Gasteiger partial charge in [0.05, 0.1) is 13.7 Å². The van der Waals surface area contributed by atoms with Gasteiger partial charge in [0.15, 0.2) is 0 Å². The van der Waals surface area contributed by atoms with Gasteiger partial charge in [-0.2, -0.15) is 0 Å². The first-order chi connectivity index (χ1) is 9.52. The van der Waals surface area contributed by atoms with Gasteiger partial charge in [-0.1, -0.05) is 12.1 Å². The summed E-state index contributed by atoms with van der Waals surface area (Å²) in [4.78, 5) is 13.4. The van der Waals surface area contributed by atoms with Crippen LogP contribution in [0.15, 0.2) is 24.3 Å². The van der Waals surface area contributed by atoms with Gasteiger partial charge in [0.2, 0.25) is 0 Å². The highest BCUT2D eigenvalue weighted by molar-refractivity contribution is 5.85. The monoisotopic (exact) mass is 352 g/mol. The van der Waals surface area contributed by atoms with E-state index in [1.165, 1.54) is 7.11 Å². The fourth-order valence-electron chi connectivity index (χ4n) is 1.78. The predicted molar refractivity (Wildman–Crippen MR) is 93.3 cm³/mol. The van der Waals surface area contributed by atoms with Crippen LogP contribution in [-0.2, 0) is 16.0 Å². The average molecular weight is 353 g/mol. The van der Waals surface area contributed by atoms with Crippen LogP contribution < -0.4 is 10.5 Å². The van der Waals surface area contributed by atoms with Crippen molar-refractivity contribution in [2.24, 2.45) is 5.73 Å². The molecule has 0 unspecified atom stereocenters. The molecule has 0 saturated carbocycles. The van der Waals surface area contributed by atoms with Crippen LogP contribution in [0, 0.1) is 0 Å². The smallest absolute Gasteiger partial charge is 0.322 e. The Balaban J connectivity index is 0. The van der Waals surface area contributed by atoms with Gasteiger partial charge in [0, 0.05) is 6.54 Å². The molecule has 2 N–H and O–H groups in total. The van der Waals surface area contributed by atoms with Crippen molar-refractivity contribution in [1.82, 2.24) is 4.90 Å². The van der Waals surface area contributed by atoms with Crippen molar-refractivity contribution in [2.75, 3.05) is 34.4 Å². The maximum Gasteiger partial charge on any atom is 0.322 e. The molecule has 1 aromatic carbocycles. The van der Waals surface area contributed by atoms with Gasteiger partial charge >= 0.3 is 5.97 Å². The summed E-state index contributed by atoms with van der Waals surface area (Å²) < 4.78 is 10.2. The number of methoxy groups -OCH3 is 1. The number of halogens is 2. The first kappa shape index (κ1) is 23.3. The molecule has 0 amide bonds. The van der Waals surface area contributed by atoms with Crippen molar-refractivity contribution in [2.45, 2.75) is 18.9 Å². The van der Waals surface area contributed by atoms with E-state index in [9.17, 15) is 4.79 Å². The Bertz CT molecular complexity index is 414. The molecule has 0 aliphatic rings. The van der Waals surface area contributed by atoms with Crippen LogP contribution >= 0.6 is 24.8 Å². The number of rotatable bonds is 8. The Morgan fingerprint density at radius 3 is 2.32 bits per heavy atom. The molecule has 1 rings (SSSR count). The molecule has 0 aliphatic carbocycles. The fourth-order valence-corrected chi connectivity index (χ4v) is 1.78. The third kappa shape index (κ3) is 9.10. The molecule has 0 aliphatic heterocycles. The highest BCUT2D eigenvalue weighted by Gasteiger charge is 2.13. The summed E-state index contributed by atoms with van der Waals surface area (Å²) in [5, 5.41) is 0. The van der Waals surface area contributed by atoms with E-state index in [1.807, 2.05) is 38.4 Å². The molecular weight excluding hydrogens is 327 g/mol. The molecule has 22 heavy (non-hydrogen) atoms. The predicted octanol–water partition coefficient (Wildman–Crippen LogP) is 1.90. The molecule has 1 aromatic rings. The number of esters is 1. The minimum absolute atomic E-state index is 0. The second kappa shape index (κ2) is 12.5. The fraction of sp³-hybridized carbons (Fsp3) is 0.533. The molecule has 0 aromatic heterocycles. The van der Waals surface area contributed by atoms with Gasteiger partial charge in [-0.3, -0.25) is 4.79 Å². The third-order valence-corrected chi connectivity index (χ3v) is 2.90. The largest absolute Gasteiger partial charge is 0.494 e. The third-order valence-electron chi connectivity index (χ3n) is 2.90. The molecule has 0 bridgehead atoms. The summed E-state index contributed by atoms with van der Waals surface area (Å²) in [5.41, 5.74) is 6.70. The molecule has 0 heterocycles. The number of hydrogen-bond acceptors (Lipinski definition) is 5. The van der Waals surface area contributed by atoms with Crippen molar-refractivity contribution >= 4 is 30.8 Å². The second-order valence-electron chi connectivity index (χ2n) is 4.98. The van der Waals surface area contributed by atoms with E-state index >= 15 is 0 Å². The number of benzene rings is 1. The van der Waals surface area contributed by atoms with Gasteiger partial charge in [0.1, 0.15) is 11.8 Å². The van der Waals surface area contributed by atoms with E-state index in [2.05, 4.69) is 9.64 Å². The van der Waals surface area contributed by atoms with Crippen LogP contribution in [-0.4, -0.2) is 51.3 Å². The minimum Gasteiger partial charge on any atom is -0.494 e. The molecule has 0 fully saturated rings. The van der Waals surface area contributed by atoms with Gasteiger partial charge in [-0.15, -0.1) is 24.8 Å². The molecule has 1 atom stereocenters. The molecule has 7 heteroatoms. The van der Waals surface area contributed by atoms with E-state index in [4.69, 9.17) is 10.5 Å². The standard InChI is InChI=1S/C15H24N2O3.2ClH/c1-17(2)9-4-10-20-13-7-5-12(6-8-13)11-14(16)15(18)19-3;;/h5-8,14H,4,9-11,16H2,1-3H3;2*1H/t14-;;/m0../s1. The van der Waals surface area contributed by atoms with E-state index < -0.39 is 12.0 Å². The highest BCUT2D eigenvalue weighted by Crippen LogP contribution is 2.13. The highest BCUT2D eigenvalue weighted by atomic mass is 35.5. The maximum atomic E-state index is 11.2. The first-order valence-electron chi connectivity index (χ1n) is 6.73. The number of nitrogens with zero attached hydrogens (tertiary/aromatic N) is 1. The Morgan fingerprint density at radius 1 is 1.23 bits per heavy atom. The van der Waals surface area contributed by atoms with Crippen molar-refractivity contribution in [3.8, 4) is 5.75 Å². The second-order valence-corrected chi connectivity index (χ2v) is 4.98. The number of carbonyl (C=O) groups is 1. The van der Waals surface area contributed by atoms with E-state index in [-0.39, 0.29) is 24.8 Å². The normalized spacial score (nSPS) is 11.1. The Hall–Kier alpha value is -1.01. The van der Waals surface area contributed by atoms with Crippen LogP contribution in [0.5, 0.6) is 5.75 Å². The molecular formula is C15H26Cl2N2O3. The summed E-state index contributed by atoms with van der Waals surface area (Å²) in [6.07, 6.45) is 1.45. The summed E-state index contributed by atoms with van der Waals surface area (Å²) in [5.74, 6) is 0.438. The molecule has 5 nitrogen and oxygen atoms in total. The number of carbonyl (C=O) groups excluding carboxylic acids is 1. The van der Waals surface area contributed by atoms with Crippen LogP contribution in [0.4, 0.5) is 0 Å². The van der Waals surface area contributed by atoms with Crippen molar-refractivity contribution < 1.29 is 14.3 Å². The number of ether oxygens (including phenoxy) is 2. The zero-order valence-corrected chi connectivity index (χ0v) is 14.9. The van der Waals surface area contributed by atoms with Crippen molar-refractivity contribution in [1.29, 1.82) is 0 Å². The van der Waals surface area contributed by atoms with Crippen molar-refractivity contribution in [3.05, 3.63) is 29.8 Å². The van der Waals surface area contributed by atoms with Crippen LogP contribution in [0.25, 0.3) is 0 Å². The zero-order chi connectivity index (χ0) is 15.0. The van der Waals surface area contributed by atoms with E-state index in [0.717, 1.165) is 24.3 Å². The molecule has 0 radical (unpaired) electrons. The van der Waals surface area contributed by atoms with E-state index in [1.54, 1.807) is 0 Å². The summed E-state index contributed by atoms with van der Waals surface area (Å²) in [7, 11) is 5.42. The summed E-state index contributed by atoms with van der Waals surface area (Å²) >= 11 is 0. The number of hydrogen-bond donors (Lipinski definition) is 1. The van der Waals surface area contributed by atoms with Gasteiger partial charge in [-0.25, -0.2) is 0 Å². The van der Waals surface area contributed by atoms with Gasteiger partial charge < -0.3 is 20.1 Å². The quantitative estimate of drug-likeness (QED) is 0.571. The maximum absolute atomic E-state index is 11.2. The van der Waals surface area contributed by atoms with Gasteiger partial charge in [-0.05, 0) is 44.6 Å². The van der Waals surface area contributed by atoms with Crippen LogP contribution in [0.3, 0.4) is 0 Å². The summed E-state index contributed by atoms with van der Waals surface area (Å²) in [6, 6.07) is 7.02. The van der Waals surface area contributed by atoms with Crippen molar-refractivity contribution in [3.63, 3.8) is 0 Å². The Kier molecular flexibility index (Phi) is 13.2. The lowest BCUT2D eigenvalue weighted by Gasteiger charge is -2.11. The molecule has 0 saturated heterocycles. The van der Waals surface area contributed by atoms with Crippen LogP contribution in [0.1, 0.15) is 12.0 Å². The SMILES string of the molecule is COC(=O)[C@@H](N)Cc1ccc(OCCCN(C)C)cc1.Cl.Cl. The lowest BCUT2D eigenvalue weighted by Crippen LogP contribution is -2.33. The first-order valence-corrected chi connectivity index (χ1v) is 6.73. The Labute approximate surface area is 145 Å². The molecule has 128 valence electrons. The zero-order valence-electron chi connectivity index (χ0n) is 13.3. The van der Waals surface area contributed by atoms with Crippen LogP contribution in [0.2, 0.25) is 0 Å². The van der Waals surface area contributed by atoms with E-state index in [0.29, 0.717) is 13.0 Å². The van der Waals surface area contributed by atoms with Gasteiger partial charge in [0.25, 0.3) is 0 Å². The average Bonchev–Trinajstić information content (AvgIpc) is 2.44. The lowest BCUT2D eigenvalue weighted by molar-refractivity contribution is -0.142. The Morgan fingerprint density at radius 2 is 1.82 bits per heavy atom. The molecule has 0 spiro atoms. The number of nitrogens with two attached hydrogens (primary N) is 1. The lowest BCUT2D eigenvalue weighted by atomic mass is 10.1. The topological polar surface area (TPSA) is 64.8 Å².